The van der Waals surface area contributed by atoms with E-state index >= 15 is 0 Å². The monoisotopic (exact) mass is 358 g/mol. The maximum absolute atomic E-state index is 12.3. The Morgan fingerprint density at radius 3 is 2.62 bits per heavy atom. The Hall–Kier alpha value is -3.16. The van der Waals surface area contributed by atoms with Gasteiger partial charge in [-0.15, -0.1) is 0 Å². The van der Waals surface area contributed by atoms with Crippen molar-refractivity contribution in [3.8, 4) is 16.9 Å². The standard InChI is InChI=1S/C18H22N4O4/c1-11(8-12(2)21-18(24)25)17(23)22-14-4-5-15(16(9-14)26-3)13-6-7-19-20-10-13/h4-7,9-12,21H,8H2,1-3H3,(H,22,23)(H,24,25). The molecule has 1 heterocycles. The van der Waals surface area contributed by atoms with Gasteiger partial charge in [0, 0.05) is 34.8 Å². The Morgan fingerprint density at radius 2 is 2.00 bits per heavy atom. The van der Waals surface area contributed by atoms with E-state index in [4.69, 9.17) is 9.84 Å². The topological polar surface area (TPSA) is 113 Å². The maximum atomic E-state index is 12.3. The van der Waals surface area contributed by atoms with Crippen molar-refractivity contribution in [2.75, 3.05) is 12.4 Å². The van der Waals surface area contributed by atoms with Gasteiger partial charge >= 0.3 is 6.09 Å². The quantitative estimate of drug-likeness (QED) is 0.701. The van der Waals surface area contributed by atoms with Crippen LogP contribution in [0.15, 0.2) is 36.7 Å². The number of carboxylic acid groups (broad SMARTS) is 1. The second-order valence-corrected chi connectivity index (χ2v) is 6.02. The van der Waals surface area contributed by atoms with Crippen LogP contribution in [0.2, 0.25) is 0 Å². The lowest BCUT2D eigenvalue weighted by Gasteiger charge is -2.17. The molecule has 2 amide bonds. The smallest absolute Gasteiger partial charge is 0.404 e. The average Bonchev–Trinajstić information content (AvgIpc) is 2.61. The molecule has 0 saturated heterocycles. The number of aromatic nitrogens is 2. The third-order valence-corrected chi connectivity index (χ3v) is 3.89. The Morgan fingerprint density at radius 1 is 1.23 bits per heavy atom. The number of hydrogen-bond donors (Lipinski definition) is 3. The minimum Gasteiger partial charge on any atom is -0.496 e. The van der Waals surface area contributed by atoms with Gasteiger partial charge in [-0.25, -0.2) is 4.79 Å². The molecule has 0 radical (unpaired) electrons. The van der Waals surface area contributed by atoms with Gasteiger partial charge in [-0.1, -0.05) is 6.92 Å². The van der Waals surface area contributed by atoms with Crippen LogP contribution < -0.4 is 15.4 Å². The number of benzene rings is 1. The Labute approximate surface area is 151 Å². The highest BCUT2D eigenvalue weighted by Crippen LogP contribution is 2.32. The first-order valence-corrected chi connectivity index (χ1v) is 8.16. The highest BCUT2D eigenvalue weighted by molar-refractivity contribution is 5.93. The van der Waals surface area contributed by atoms with E-state index < -0.39 is 6.09 Å². The normalized spacial score (nSPS) is 12.7. The number of carbonyl (C=O) groups is 2. The largest absolute Gasteiger partial charge is 0.496 e. The molecule has 138 valence electrons. The highest BCUT2D eigenvalue weighted by Gasteiger charge is 2.18. The fourth-order valence-corrected chi connectivity index (χ4v) is 2.63. The number of rotatable bonds is 7. The molecule has 1 aromatic heterocycles. The van der Waals surface area contributed by atoms with E-state index in [2.05, 4.69) is 20.8 Å². The number of nitrogens with one attached hydrogen (secondary N) is 2. The zero-order valence-electron chi connectivity index (χ0n) is 14.9. The number of nitrogens with zero attached hydrogens (tertiary/aromatic N) is 2. The first-order chi connectivity index (χ1) is 12.4. The summed E-state index contributed by atoms with van der Waals surface area (Å²) in [6.45, 7) is 3.47. The van der Waals surface area contributed by atoms with Gasteiger partial charge in [0.1, 0.15) is 5.75 Å². The second kappa shape index (κ2) is 8.80. The Bertz CT molecular complexity index is 767. The van der Waals surface area contributed by atoms with Gasteiger partial charge < -0.3 is 20.5 Å². The molecule has 0 spiro atoms. The van der Waals surface area contributed by atoms with Gasteiger partial charge in [0.05, 0.1) is 19.5 Å². The van der Waals surface area contributed by atoms with Crippen LogP contribution in [-0.2, 0) is 4.79 Å². The number of carbonyl (C=O) groups excluding carboxylic acids is 1. The van der Waals surface area contributed by atoms with E-state index in [1.807, 2.05) is 12.1 Å². The van der Waals surface area contributed by atoms with Crippen LogP contribution in [0.1, 0.15) is 20.3 Å². The van der Waals surface area contributed by atoms with Crippen LogP contribution in [0.3, 0.4) is 0 Å². The summed E-state index contributed by atoms with van der Waals surface area (Å²) in [7, 11) is 1.56. The molecule has 0 fully saturated rings. The predicted molar refractivity (Wildman–Crippen MR) is 97.1 cm³/mol. The van der Waals surface area contributed by atoms with Crippen LogP contribution in [0.4, 0.5) is 10.5 Å². The summed E-state index contributed by atoms with van der Waals surface area (Å²) in [6.07, 6.45) is 2.53. The van der Waals surface area contributed by atoms with Crippen LogP contribution in [0.5, 0.6) is 5.75 Å². The fraction of sp³-hybridized carbons (Fsp3) is 0.333. The number of methoxy groups -OCH3 is 1. The van der Waals surface area contributed by atoms with Gasteiger partial charge in [0.25, 0.3) is 0 Å². The van der Waals surface area contributed by atoms with Crippen LogP contribution >= 0.6 is 0 Å². The average molecular weight is 358 g/mol. The van der Waals surface area contributed by atoms with E-state index in [-0.39, 0.29) is 17.9 Å². The molecule has 0 saturated carbocycles. The van der Waals surface area contributed by atoms with Crippen molar-refractivity contribution >= 4 is 17.7 Å². The first kappa shape index (κ1) is 19.2. The Balaban J connectivity index is 2.07. The van der Waals surface area contributed by atoms with Gasteiger partial charge in [-0.2, -0.15) is 10.2 Å². The molecule has 0 aliphatic rings. The third-order valence-electron chi connectivity index (χ3n) is 3.89. The van der Waals surface area contributed by atoms with Crippen molar-refractivity contribution in [3.05, 3.63) is 36.7 Å². The van der Waals surface area contributed by atoms with Crippen LogP contribution in [0, 0.1) is 5.92 Å². The summed E-state index contributed by atoms with van der Waals surface area (Å²) in [6, 6.07) is 6.86. The SMILES string of the molecule is COc1cc(NC(=O)C(C)CC(C)NC(=O)O)ccc1-c1ccnnc1. The minimum absolute atomic E-state index is 0.190. The summed E-state index contributed by atoms with van der Waals surface area (Å²) in [5.41, 5.74) is 2.30. The zero-order valence-corrected chi connectivity index (χ0v) is 14.9. The third kappa shape index (κ3) is 5.17. The van der Waals surface area contributed by atoms with Crippen molar-refractivity contribution in [1.29, 1.82) is 0 Å². The van der Waals surface area contributed by atoms with Crippen LogP contribution in [-0.4, -0.2) is 40.5 Å². The van der Waals surface area contributed by atoms with Gasteiger partial charge in [-0.05, 0) is 31.5 Å². The molecule has 2 atom stereocenters. The molecule has 3 N–H and O–H groups in total. The molecule has 2 rings (SSSR count). The molecule has 8 nitrogen and oxygen atoms in total. The van der Waals surface area contributed by atoms with E-state index in [1.165, 1.54) is 0 Å². The van der Waals surface area contributed by atoms with Crippen molar-refractivity contribution in [2.24, 2.45) is 5.92 Å². The van der Waals surface area contributed by atoms with Crippen molar-refractivity contribution in [3.63, 3.8) is 0 Å². The van der Waals surface area contributed by atoms with Crippen LogP contribution in [0.25, 0.3) is 11.1 Å². The number of ether oxygens (including phenoxy) is 1. The maximum Gasteiger partial charge on any atom is 0.404 e. The molecule has 8 heteroatoms. The molecule has 1 aromatic carbocycles. The number of amides is 2. The summed E-state index contributed by atoms with van der Waals surface area (Å²) in [5.74, 6) is 0.0562. The summed E-state index contributed by atoms with van der Waals surface area (Å²) >= 11 is 0. The lowest BCUT2D eigenvalue weighted by Crippen LogP contribution is -2.34. The molecule has 2 unspecified atom stereocenters. The minimum atomic E-state index is -1.10. The number of anilines is 1. The van der Waals surface area contributed by atoms with E-state index in [9.17, 15) is 9.59 Å². The molecule has 0 bridgehead atoms. The number of hydrogen-bond acceptors (Lipinski definition) is 5. The van der Waals surface area contributed by atoms with E-state index in [0.717, 1.165) is 11.1 Å². The second-order valence-electron chi connectivity index (χ2n) is 6.02. The summed E-state index contributed by atoms with van der Waals surface area (Å²) < 4.78 is 5.42. The molecular formula is C18H22N4O4. The molecular weight excluding hydrogens is 336 g/mol. The zero-order chi connectivity index (χ0) is 19.1. The Kier molecular flexibility index (Phi) is 6.48. The van der Waals surface area contributed by atoms with E-state index in [0.29, 0.717) is 17.9 Å². The predicted octanol–water partition coefficient (Wildman–Crippen LogP) is 2.77. The van der Waals surface area contributed by atoms with Gasteiger partial charge in [0.15, 0.2) is 0 Å². The lowest BCUT2D eigenvalue weighted by atomic mass is 10.0. The van der Waals surface area contributed by atoms with Gasteiger partial charge in [-0.3, -0.25) is 4.79 Å². The molecule has 0 aliphatic carbocycles. The summed E-state index contributed by atoms with van der Waals surface area (Å²) in [5, 5.41) is 21.5. The highest BCUT2D eigenvalue weighted by atomic mass is 16.5. The van der Waals surface area contributed by atoms with Crippen molar-refractivity contribution < 1.29 is 19.4 Å². The van der Waals surface area contributed by atoms with E-state index in [1.54, 1.807) is 45.5 Å². The molecule has 26 heavy (non-hydrogen) atoms. The lowest BCUT2D eigenvalue weighted by molar-refractivity contribution is -0.119. The fourth-order valence-electron chi connectivity index (χ4n) is 2.63. The molecule has 2 aromatic rings. The molecule has 0 aliphatic heterocycles. The van der Waals surface area contributed by atoms with Crippen molar-refractivity contribution in [1.82, 2.24) is 15.5 Å². The summed E-state index contributed by atoms with van der Waals surface area (Å²) in [4.78, 5) is 23.0. The van der Waals surface area contributed by atoms with Gasteiger partial charge in [0.2, 0.25) is 5.91 Å². The van der Waals surface area contributed by atoms with Crippen molar-refractivity contribution in [2.45, 2.75) is 26.3 Å². The first-order valence-electron chi connectivity index (χ1n) is 8.16.